The summed E-state index contributed by atoms with van der Waals surface area (Å²) < 4.78 is 0. The lowest BCUT2D eigenvalue weighted by Crippen LogP contribution is -2.56. The van der Waals surface area contributed by atoms with Gasteiger partial charge in [-0.3, -0.25) is 14.4 Å². The van der Waals surface area contributed by atoms with E-state index in [-0.39, 0.29) is 17.2 Å². The van der Waals surface area contributed by atoms with Gasteiger partial charge in [-0.15, -0.1) is 0 Å². The first kappa shape index (κ1) is 29.3. The summed E-state index contributed by atoms with van der Waals surface area (Å²) in [6.45, 7) is 11.9. The van der Waals surface area contributed by atoms with Crippen LogP contribution in [0.2, 0.25) is 0 Å². The van der Waals surface area contributed by atoms with E-state index in [0.29, 0.717) is 5.56 Å². The third kappa shape index (κ3) is 8.59. The van der Waals surface area contributed by atoms with Crippen molar-refractivity contribution in [1.82, 2.24) is 16.0 Å². The fourth-order valence-corrected chi connectivity index (χ4v) is 3.69. The van der Waals surface area contributed by atoms with Crippen LogP contribution < -0.4 is 16.0 Å². The molecular weight excluding hydrogens is 470 g/mol. The molecule has 198 valence electrons. The molecule has 0 unspecified atom stereocenters. The molecule has 8 heteroatoms. The van der Waals surface area contributed by atoms with Gasteiger partial charge in [0, 0.05) is 12.5 Å². The second-order valence-corrected chi connectivity index (χ2v) is 10.6. The average molecular weight is 508 g/mol. The predicted molar refractivity (Wildman–Crippen MR) is 145 cm³/mol. The van der Waals surface area contributed by atoms with E-state index in [1.54, 1.807) is 6.08 Å². The molecule has 2 rings (SSSR count). The smallest absolute Gasteiger partial charge is 0.331 e. The average Bonchev–Trinajstić information content (AvgIpc) is 2.80. The molecule has 3 amide bonds. The van der Waals surface area contributed by atoms with Gasteiger partial charge in [0.25, 0.3) is 5.91 Å². The van der Waals surface area contributed by atoms with Crippen LogP contribution in [0.3, 0.4) is 0 Å². The maximum absolute atomic E-state index is 13.3. The molecule has 0 fully saturated rings. The van der Waals surface area contributed by atoms with Crippen molar-refractivity contribution in [2.75, 3.05) is 0 Å². The van der Waals surface area contributed by atoms with E-state index >= 15 is 0 Å². The second kappa shape index (κ2) is 12.3. The van der Waals surface area contributed by atoms with Gasteiger partial charge >= 0.3 is 5.97 Å². The van der Waals surface area contributed by atoms with Crippen molar-refractivity contribution in [3.63, 3.8) is 0 Å². The molecule has 0 aromatic heterocycles. The van der Waals surface area contributed by atoms with E-state index in [1.807, 2.05) is 77.1 Å². The van der Waals surface area contributed by atoms with Crippen molar-refractivity contribution in [2.24, 2.45) is 11.3 Å². The molecule has 0 bridgehead atoms. The quantitative estimate of drug-likeness (QED) is 0.382. The minimum absolute atomic E-state index is 0.00635. The Morgan fingerprint density at radius 2 is 1.54 bits per heavy atom. The van der Waals surface area contributed by atoms with Gasteiger partial charge in [0.2, 0.25) is 11.8 Å². The molecule has 0 spiro atoms. The van der Waals surface area contributed by atoms with Gasteiger partial charge < -0.3 is 21.1 Å². The number of rotatable bonds is 9. The summed E-state index contributed by atoms with van der Waals surface area (Å²) in [4.78, 5) is 49.8. The molecular formula is C29H37N3O5. The number of hydrogen-bond acceptors (Lipinski definition) is 4. The summed E-state index contributed by atoms with van der Waals surface area (Å²) >= 11 is 0. The number of carbonyl (C=O) groups excluding carboxylic acids is 3. The lowest BCUT2D eigenvalue weighted by atomic mass is 9.85. The number of hydrogen-bond donors (Lipinski definition) is 4. The largest absolute Gasteiger partial charge is 0.478 e. The summed E-state index contributed by atoms with van der Waals surface area (Å²) in [5.41, 5.74) is 0.147. The van der Waals surface area contributed by atoms with E-state index in [0.717, 1.165) is 10.8 Å². The molecule has 0 radical (unpaired) electrons. The molecule has 37 heavy (non-hydrogen) atoms. The monoisotopic (exact) mass is 507 g/mol. The molecule has 2 aromatic rings. The van der Waals surface area contributed by atoms with Crippen LogP contribution >= 0.6 is 0 Å². The maximum atomic E-state index is 13.3. The van der Waals surface area contributed by atoms with E-state index in [2.05, 4.69) is 16.0 Å². The summed E-state index contributed by atoms with van der Waals surface area (Å²) in [6, 6.07) is 12.0. The predicted octanol–water partition coefficient (Wildman–Crippen LogP) is 4.02. The first-order chi connectivity index (χ1) is 17.2. The third-order valence-corrected chi connectivity index (χ3v) is 5.84. The van der Waals surface area contributed by atoms with Crippen LogP contribution in [0, 0.1) is 11.3 Å². The highest BCUT2D eigenvalue weighted by atomic mass is 16.4. The Bertz CT molecular complexity index is 1240. The summed E-state index contributed by atoms with van der Waals surface area (Å²) in [7, 11) is 0. The normalized spacial score (nSPS) is 14.2. The number of aliphatic carboxylic acids is 1. The van der Waals surface area contributed by atoms with Gasteiger partial charge in [0.15, 0.2) is 0 Å². The second-order valence-electron chi connectivity index (χ2n) is 10.6. The fraction of sp³-hybridized carbons (Fsp3) is 0.379. The number of amides is 3. The number of carboxylic acid groups (broad SMARTS) is 1. The van der Waals surface area contributed by atoms with Crippen LogP contribution in [-0.2, 0) is 19.2 Å². The minimum atomic E-state index is -1.07. The molecule has 2 aromatic carbocycles. The Morgan fingerprint density at radius 1 is 0.919 bits per heavy atom. The summed E-state index contributed by atoms with van der Waals surface area (Å²) in [5, 5.41) is 19.5. The number of nitrogens with one attached hydrogen (secondary N) is 3. The highest BCUT2D eigenvalue weighted by Gasteiger charge is 2.34. The van der Waals surface area contributed by atoms with Crippen molar-refractivity contribution >= 4 is 40.5 Å². The molecule has 0 saturated carbocycles. The molecule has 0 heterocycles. The van der Waals surface area contributed by atoms with Gasteiger partial charge in [-0.25, -0.2) is 4.79 Å². The van der Waals surface area contributed by atoms with Crippen LogP contribution in [0.1, 0.15) is 54.0 Å². The van der Waals surface area contributed by atoms with Gasteiger partial charge in [0.1, 0.15) is 11.7 Å². The zero-order valence-electron chi connectivity index (χ0n) is 22.5. The van der Waals surface area contributed by atoms with Crippen molar-refractivity contribution in [2.45, 2.75) is 60.5 Å². The van der Waals surface area contributed by atoms with Crippen LogP contribution in [0.15, 0.2) is 59.8 Å². The Labute approximate surface area is 218 Å². The molecule has 0 aliphatic rings. The van der Waals surface area contributed by atoms with Crippen molar-refractivity contribution < 1.29 is 24.3 Å². The van der Waals surface area contributed by atoms with Crippen LogP contribution in [0.5, 0.6) is 0 Å². The highest BCUT2D eigenvalue weighted by molar-refractivity contribution is 6.03. The molecule has 0 saturated heterocycles. The van der Waals surface area contributed by atoms with Crippen LogP contribution in [0.25, 0.3) is 16.8 Å². The Balaban J connectivity index is 2.36. The standard InChI is InChI=1S/C29H37N3O5/c1-17(2)23(14-18(3)28(36)37)31-27(35)25(29(5,6)7)32-26(34)24(30-19(4)33)16-20-12-13-21-10-8-9-11-22(21)15-20/h8-17,23,25H,1-7H3,(H,30,33)(H,31,35)(H,32,34)(H,36,37)/b18-14+,24-16-/t23-,25-/m1/s1. The fourth-order valence-electron chi connectivity index (χ4n) is 3.69. The van der Waals surface area contributed by atoms with Gasteiger partial charge in [-0.05, 0) is 46.7 Å². The van der Waals surface area contributed by atoms with E-state index < -0.39 is 41.2 Å². The Kier molecular flexibility index (Phi) is 9.77. The zero-order chi connectivity index (χ0) is 27.9. The number of fused-ring (bicyclic) bond motifs is 1. The van der Waals surface area contributed by atoms with E-state index in [9.17, 15) is 24.3 Å². The Hall–Kier alpha value is -3.94. The van der Waals surface area contributed by atoms with E-state index in [1.165, 1.54) is 19.9 Å². The van der Waals surface area contributed by atoms with Crippen molar-refractivity contribution in [3.8, 4) is 0 Å². The first-order valence-electron chi connectivity index (χ1n) is 12.2. The zero-order valence-corrected chi connectivity index (χ0v) is 22.5. The van der Waals surface area contributed by atoms with Crippen LogP contribution in [0.4, 0.5) is 0 Å². The molecule has 2 atom stereocenters. The third-order valence-electron chi connectivity index (χ3n) is 5.84. The molecule has 0 aliphatic carbocycles. The minimum Gasteiger partial charge on any atom is -0.478 e. The number of carbonyl (C=O) groups is 4. The summed E-state index contributed by atoms with van der Waals surface area (Å²) in [5.74, 6) is -2.65. The lowest BCUT2D eigenvalue weighted by Gasteiger charge is -2.32. The first-order valence-corrected chi connectivity index (χ1v) is 12.2. The molecule has 8 nitrogen and oxygen atoms in total. The number of benzene rings is 2. The lowest BCUT2D eigenvalue weighted by molar-refractivity contribution is -0.133. The molecule has 0 aliphatic heterocycles. The Morgan fingerprint density at radius 3 is 2.08 bits per heavy atom. The number of carboxylic acids is 1. The topological polar surface area (TPSA) is 125 Å². The SMILES string of the molecule is CC(=O)N/C(=C\c1ccc2ccccc2c1)C(=O)N[C@H](C(=O)N[C@H](/C=C(\C)C(=O)O)C(C)C)C(C)(C)C. The van der Waals surface area contributed by atoms with E-state index in [4.69, 9.17) is 0 Å². The highest BCUT2D eigenvalue weighted by Crippen LogP contribution is 2.22. The van der Waals surface area contributed by atoms with Crippen molar-refractivity contribution in [3.05, 3.63) is 65.4 Å². The molecule has 4 N–H and O–H groups in total. The maximum Gasteiger partial charge on any atom is 0.331 e. The van der Waals surface area contributed by atoms with Gasteiger partial charge in [-0.1, -0.05) is 77.1 Å². The summed E-state index contributed by atoms with van der Waals surface area (Å²) in [6.07, 6.45) is 3.06. The van der Waals surface area contributed by atoms with Crippen LogP contribution in [-0.4, -0.2) is 40.9 Å². The van der Waals surface area contributed by atoms with Gasteiger partial charge in [0.05, 0.1) is 6.04 Å². The van der Waals surface area contributed by atoms with Gasteiger partial charge in [-0.2, -0.15) is 0 Å². The van der Waals surface area contributed by atoms with Crippen molar-refractivity contribution in [1.29, 1.82) is 0 Å².